The van der Waals surface area contributed by atoms with Gasteiger partial charge in [-0.05, 0) is 0 Å². The molecule has 0 N–H and O–H groups in total. The van der Waals surface area contributed by atoms with Gasteiger partial charge in [0.05, 0.1) is 0 Å². The molecule has 0 heterocycles. The van der Waals surface area contributed by atoms with E-state index in [2.05, 4.69) is 0 Å². The van der Waals surface area contributed by atoms with Crippen molar-refractivity contribution in [2.75, 3.05) is 0 Å². The second-order valence-corrected chi connectivity index (χ2v) is 0.470. The van der Waals surface area contributed by atoms with Gasteiger partial charge in [0.25, 0.3) is 0 Å². The summed E-state index contributed by atoms with van der Waals surface area (Å²) < 4.78 is 9.03. The first kappa shape index (κ1) is 4.20. The second kappa shape index (κ2) is 1.51. The third-order valence-corrected chi connectivity index (χ3v) is 0. The van der Waals surface area contributed by atoms with Crippen molar-refractivity contribution in [2.45, 2.75) is 0 Å². The summed E-state index contributed by atoms with van der Waals surface area (Å²) >= 11 is 0.861. The molecule has 0 aliphatic heterocycles. The molecule has 0 aliphatic rings. The van der Waals surface area contributed by atoms with Crippen LogP contribution in [0.3, 0.4) is 0 Å². The zero-order valence-corrected chi connectivity index (χ0v) is 2.29. The maximum atomic E-state index is 10.4. The molecule has 3 heteroatoms. The Bertz CT molecular complexity index is 31.0. The van der Waals surface area contributed by atoms with Crippen molar-refractivity contribution >= 4 is 22.4 Å². The van der Waals surface area contributed by atoms with Crippen LogP contribution in [0.25, 0.3) is 0 Å². The first-order valence-corrected chi connectivity index (χ1v) is 0.893. The predicted octanol–water partition coefficient (Wildman–Crippen LogP) is 0.244. The van der Waals surface area contributed by atoms with Crippen LogP contribution >= 0.6 is 0 Å². The summed E-state index contributed by atoms with van der Waals surface area (Å²) in [5, 5.41) is 0. The van der Waals surface area contributed by atoms with Gasteiger partial charge < -0.3 is 0 Å². The molecule has 0 spiro atoms. The molecule has 0 aliphatic carbocycles. The van der Waals surface area contributed by atoms with Crippen molar-refractivity contribution in [2.24, 2.45) is 0 Å². The molecule has 0 bridgehead atoms. The first-order chi connectivity index (χ1) is 1.73. The van der Waals surface area contributed by atoms with Crippen LogP contribution < -0.4 is 0 Å². The Kier molecular flexibility index (Phi) is 1.58. The average molecular weight is 53.9 g/mol. The van der Waals surface area contributed by atoms with Crippen LogP contribution in [0.5, 0.6) is 0 Å². The van der Waals surface area contributed by atoms with Gasteiger partial charge in [0.2, 0.25) is 0 Å². The minimum absolute atomic E-state index is 0.861. The van der Waals surface area contributed by atoms with Crippen LogP contribution in [0.15, 0.2) is 0 Å². The molecular weight excluding hydrogens is 53.9 g/mol. The second-order valence-electron chi connectivity index (χ2n) is 0.470. The average Bonchev–Trinajstić information content (AvgIpc) is 0.811. The van der Waals surface area contributed by atoms with Crippen LogP contribution in [0, 0.1) is 0 Å². The van der Waals surface area contributed by atoms with Gasteiger partial charge in [-0.1, -0.05) is 0 Å². The van der Waals surface area contributed by atoms with Crippen LogP contribution in [0.2, 0.25) is 0 Å². The summed E-state index contributed by atoms with van der Waals surface area (Å²) in [6.07, 6.45) is 0. The van der Waals surface area contributed by atoms with Gasteiger partial charge in [0.15, 0.2) is 0 Å². The number of halogens is 1. The van der Waals surface area contributed by atoms with Crippen LogP contribution in [0.1, 0.15) is 0 Å². The van der Waals surface area contributed by atoms with E-state index < -0.39 is 4.71 Å². The number of rotatable bonds is 0. The molecule has 0 saturated heterocycles. The van der Waals surface area contributed by atoms with Crippen molar-refractivity contribution < 1.29 is 9.18 Å². The van der Waals surface area contributed by atoms with E-state index in [-0.39, 0.29) is 0 Å². The summed E-state index contributed by atoms with van der Waals surface area (Å²) in [4.78, 5) is 8.78. The molecule has 0 saturated carbocycles. The van der Waals surface area contributed by atoms with Gasteiger partial charge in [-0.3, -0.25) is 0 Å². The quantitative estimate of drug-likeness (QED) is 0.286. The zero-order valence-electron chi connectivity index (χ0n) is 2.29. The zero-order chi connectivity index (χ0) is 3.58. The van der Waals surface area contributed by atoms with E-state index in [0.717, 1.165) is 17.7 Å². The normalized spacial score (nSPS) is 6.75. The molecule has 0 unspecified atom stereocenters. The summed E-state index contributed by atoms with van der Waals surface area (Å²) in [5.41, 5.74) is 0. The Morgan fingerprint density at radius 1 is 2.00 bits per heavy atom. The molecular formula is CFLiO. The van der Waals surface area contributed by atoms with E-state index in [0.29, 0.717) is 0 Å². The minimum atomic E-state index is -1.33. The fourth-order valence-corrected chi connectivity index (χ4v) is 0. The number of carbonyl (C=O) groups is 1. The maximum absolute atomic E-state index is 10.4. The molecule has 4 heavy (non-hydrogen) atoms. The number of carbonyl (C=O) groups excluding carboxylic acids is 1. The topological polar surface area (TPSA) is 17.1 Å². The van der Waals surface area contributed by atoms with Gasteiger partial charge in [0.1, 0.15) is 0 Å². The van der Waals surface area contributed by atoms with Gasteiger partial charge in [-0.2, -0.15) is 0 Å². The standard InChI is InChI=1S/CFO.Li/c2-1-3;. The van der Waals surface area contributed by atoms with E-state index >= 15 is 0 Å². The van der Waals surface area contributed by atoms with E-state index in [4.69, 9.17) is 4.79 Å². The van der Waals surface area contributed by atoms with Gasteiger partial charge in [0, 0.05) is 0 Å². The van der Waals surface area contributed by atoms with Gasteiger partial charge in [-0.25, -0.2) is 0 Å². The monoisotopic (exact) mass is 54.0 g/mol. The molecule has 0 atom stereocenters. The molecule has 0 aromatic rings. The van der Waals surface area contributed by atoms with E-state index in [1.54, 1.807) is 0 Å². The summed E-state index contributed by atoms with van der Waals surface area (Å²) in [6.45, 7) is 0. The fraction of sp³-hybridized carbons (Fsp3) is 0. The summed E-state index contributed by atoms with van der Waals surface area (Å²) in [7, 11) is 0. The summed E-state index contributed by atoms with van der Waals surface area (Å²) in [6, 6.07) is 0. The van der Waals surface area contributed by atoms with Crippen LogP contribution in [0.4, 0.5) is 9.18 Å². The van der Waals surface area contributed by atoms with Gasteiger partial charge >= 0.3 is 31.6 Å². The summed E-state index contributed by atoms with van der Waals surface area (Å²) in [5.74, 6) is 0. The Morgan fingerprint density at radius 2 is 2.00 bits per heavy atom. The van der Waals surface area contributed by atoms with E-state index in [9.17, 15) is 4.39 Å². The Morgan fingerprint density at radius 3 is 2.00 bits per heavy atom. The van der Waals surface area contributed by atoms with E-state index in [1.165, 1.54) is 0 Å². The molecule has 0 amide bonds. The van der Waals surface area contributed by atoms with Crippen molar-refractivity contribution in [3.8, 4) is 0 Å². The molecule has 0 rings (SSSR count). The first-order valence-electron chi connectivity index (χ1n) is 0.893. The Hall–Kier alpha value is 0.197. The molecule has 1 nitrogen and oxygen atoms in total. The Labute approximate surface area is 32.4 Å². The van der Waals surface area contributed by atoms with Crippen molar-refractivity contribution in [1.29, 1.82) is 0 Å². The molecule has 0 radical (unpaired) electrons. The molecule has 0 aromatic heterocycles. The number of hydrogen-bond acceptors (Lipinski definition) is 1. The number of hydrogen-bond donors (Lipinski definition) is 0. The third kappa shape index (κ3) is 80.9. The van der Waals surface area contributed by atoms with Crippen molar-refractivity contribution in [3.63, 3.8) is 0 Å². The SMILES string of the molecule is [Li][C](=O)F. The van der Waals surface area contributed by atoms with Gasteiger partial charge in [-0.15, -0.1) is 0 Å². The molecule has 0 aromatic carbocycles. The predicted molar refractivity (Wildman–Crippen MR) is 12.3 cm³/mol. The van der Waals surface area contributed by atoms with Crippen LogP contribution in [-0.2, 0) is 0 Å². The Balaban J connectivity index is 2.80. The van der Waals surface area contributed by atoms with E-state index in [1.807, 2.05) is 0 Å². The van der Waals surface area contributed by atoms with Crippen LogP contribution in [-0.4, -0.2) is 22.4 Å². The fourth-order valence-electron chi connectivity index (χ4n) is 0. The molecule has 18 valence electrons. The van der Waals surface area contributed by atoms with Crippen molar-refractivity contribution in [3.05, 3.63) is 0 Å². The van der Waals surface area contributed by atoms with Crippen molar-refractivity contribution in [1.82, 2.24) is 0 Å². The third-order valence-electron chi connectivity index (χ3n) is 0. The molecule has 0 fully saturated rings.